The Bertz CT molecular complexity index is 1680. The molecule has 6 aliphatic rings. The Morgan fingerprint density at radius 3 is 2.41 bits per heavy atom. The first-order chi connectivity index (χ1) is 26.5. The highest BCUT2D eigenvalue weighted by atomic mass is 16.6. The first-order valence-corrected chi connectivity index (χ1v) is 19.9. The lowest BCUT2D eigenvalue weighted by Crippen LogP contribution is -2.66. The van der Waals surface area contributed by atoms with Crippen LogP contribution in [0, 0.1) is 23.7 Å². The van der Waals surface area contributed by atoms with Gasteiger partial charge in [0.15, 0.2) is 6.10 Å². The van der Waals surface area contributed by atoms with Gasteiger partial charge in [-0.25, -0.2) is 4.79 Å². The number of aliphatic hydroxyl groups is 2. The van der Waals surface area contributed by atoms with Crippen LogP contribution in [-0.4, -0.2) is 108 Å². The molecule has 6 bridgehead atoms. The third-order valence-corrected chi connectivity index (χ3v) is 12.5. The van der Waals surface area contributed by atoms with Crippen molar-refractivity contribution < 1.29 is 43.6 Å². The molecule has 0 radical (unpaired) electrons. The zero-order valence-electron chi connectivity index (χ0n) is 33.8. The highest BCUT2D eigenvalue weighted by Gasteiger charge is 2.58. The summed E-state index contributed by atoms with van der Waals surface area (Å²) >= 11 is 0. The Labute approximate surface area is 331 Å². The van der Waals surface area contributed by atoms with Gasteiger partial charge in [0, 0.05) is 62.5 Å². The number of hydrogen-bond acceptors (Lipinski definition) is 11. The van der Waals surface area contributed by atoms with E-state index in [2.05, 4.69) is 22.1 Å². The molecule has 2 unspecified atom stereocenters. The highest BCUT2D eigenvalue weighted by molar-refractivity contribution is 6.23. The Balaban J connectivity index is 1.43. The second kappa shape index (κ2) is 18.1. The Morgan fingerprint density at radius 1 is 1.11 bits per heavy atom. The van der Waals surface area contributed by atoms with E-state index in [1.54, 1.807) is 32.1 Å². The predicted octanol–water partition coefficient (Wildman–Crippen LogP) is 3.92. The number of hydrogen-bond donors (Lipinski definition) is 5. The van der Waals surface area contributed by atoms with E-state index in [1.165, 1.54) is 32.8 Å². The third-order valence-electron chi connectivity index (χ3n) is 12.5. The van der Waals surface area contributed by atoms with Crippen LogP contribution in [-0.2, 0) is 28.6 Å². The maximum atomic E-state index is 14.2. The van der Waals surface area contributed by atoms with E-state index in [4.69, 9.17) is 19.9 Å². The summed E-state index contributed by atoms with van der Waals surface area (Å²) in [6, 6.07) is 0. The van der Waals surface area contributed by atoms with Crippen molar-refractivity contribution in [1.29, 1.82) is 0 Å². The molecule has 1 aliphatic heterocycles. The van der Waals surface area contributed by atoms with Gasteiger partial charge in [-0.3, -0.25) is 19.3 Å². The maximum absolute atomic E-state index is 14.2. The number of allylic oxidation sites excluding steroid dienone is 4. The number of Topliss-reactive ketones (excluding diaryl/α,β-unsaturated/α-hetero) is 1. The van der Waals surface area contributed by atoms with Gasteiger partial charge in [-0.2, -0.15) is 0 Å². The number of nitrogens with zero attached hydrogens (tertiary/aromatic N) is 1. The molecule has 0 aromatic heterocycles. The van der Waals surface area contributed by atoms with Gasteiger partial charge in [-0.1, -0.05) is 44.2 Å². The van der Waals surface area contributed by atoms with Crippen molar-refractivity contribution in [2.45, 2.75) is 115 Å². The van der Waals surface area contributed by atoms with Crippen LogP contribution in [0.15, 0.2) is 71.1 Å². The van der Waals surface area contributed by atoms with Crippen LogP contribution in [0.3, 0.4) is 0 Å². The van der Waals surface area contributed by atoms with Gasteiger partial charge in [0.2, 0.25) is 11.6 Å². The molecular formula is C43H62N4O9. The maximum Gasteiger partial charge on any atom is 0.405 e. The standard InChI is InChI=1S/C43H62N4O9/c1-8-13-47(42-20-29-18-30(21-42)23-43(53,22-29)24-42)14-12-45-36-31-15-25(2)16-35(55-7)37(49)27(4)17-28(5)39(56-41(44)52)34(54-6)11-9-10-26(3)40(51)46-32(38(31)50)19-33(36)48/h8-11,17,19,25,27,29-30,34-35,37,39,45,49,53H,1,12-16,18,20-24H2,2-7H3,(H2,44,52)(H,46,51)/b11-9-,26-10+,28-17+/t25-,27+,29?,30?,34+,35+,37-,39+,42?,43?/m1/s1. The summed E-state index contributed by atoms with van der Waals surface area (Å²) in [5, 5.41) is 28.9. The van der Waals surface area contributed by atoms with Crippen LogP contribution >= 0.6 is 0 Å². The molecule has 308 valence electrons. The molecule has 13 heteroatoms. The van der Waals surface area contributed by atoms with Crippen molar-refractivity contribution in [3.05, 3.63) is 71.1 Å². The highest BCUT2D eigenvalue weighted by Crippen LogP contribution is 2.59. The van der Waals surface area contributed by atoms with Gasteiger partial charge in [0.25, 0.3) is 5.91 Å². The van der Waals surface area contributed by atoms with E-state index in [0.29, 0.717) is 43.5 Å². The summed E-state index contributed by atoms with van der Waals surface area (Å²) in [7, 11) is 2.95. The quantitative estimate of drug-likeness (QED) is 0.160. The molecule has 8 atom stereocenters. The number of carbonyl (C=O) groups excluding carboxylic acids is 4. The summed E-state index contributed by atoms with van der Waals surface area (Å²) in [4.78, 5) is 55.8. The van der Waals surface area contributed by atoms with Crippen LogP contribution in [0.2, 0.25) is 0 Å². The van der Waals surface area contributed by atoms with Crippen molar-refractivity contribution in [2.24, 2.45) is 29.4 Å². The molecule has 6 N–H and O–H groups in total. The number of amides is 2. The Hall–Kier alpha value is -3.88. The van der Waals surface area contributed by atoms with E-state index in [0.717, 1.165) is 32.1 Å². The molecule has 1 heterocycles. The average Bonchev–Trinajstić information content (AvgIpc) is 3.12. The lowest BCUT2D eigenvalue weighted by molar-refractivity contribution is -0.173. The molecule has 6 rings (SSSR count). The number of nitrogens with two attached hydrogens (primary N) is 1. The zero-order chi connectivity index (χ0) is 40.9. The molecule has 0 spiro atoms. The SMILES string of the molecule is C=CCN(CCNC1=C2C[C@@H](C)C[C@H](OC)[C@H](O)[C@@H](C)/C=C(\C)[C@H](OC(N)=O)[C@@H](OC)/C=C\C=C(/C)C(=O)NC(=CC1=O)C2=O)C12CC3CC(CC(O)(C3)C1)C2. The van der Waals surface area contributed by atoms with Crippen molar-refractivity contribution in [3.8, 4) is 0 Å². The summed E-state index contributed by atoms with van der Waals surface area (Å²) in [6.45, 7) is 12.7. The number of nitrogens with one attached hydrogen (secondary N) is 2. The number of rotatable bonds is 10. The summed E-state index contributed by atoms with van der Waals surface area (Å²) in [6.07, 6.45) is 11.4. The van der Waals surface area contributed by atoms with Gasteiger partial charge in [-0.05, 0) is 88.5 Å². The molecule has 13 nitrogen and oxygen atoms in total. The van der Waals surface area contributed by atoms with Gasteiger partial charge in [0.1, 0.15) is 6.10 Å². The molecule has 4 saturated carbocycles. The molecule has 0 saturated heterocycles. The van der Waals surface area contributed by atoms with Gasteiger partial charge in [0.05, 0.1) is 29.2 Å². The molecular weight excluding hydrogens is 716 g/mol. The van der Waals surface area contributed by atoms with E-state index in [-0.39, 0.29) is 40.4 Å². The van der Waals surface area contributed by atoms with E-state index < -0.39 is 59.5 Å². The van der Waals surface area contributed by atoms with Crippen LogP contribution in [0.4, 0.5) is 4.79 Å². The average molecular weight is 779 g/mol. The normalized spacial score (nSPS) is 37.9. The summed E-state index contributed by atoms with van der Waals surface area (Å²) < 4.78 is 16.8. The number of methoxy groups -OCH3 is 2. The van der Waals surface area contributed by atoms with Crippen LogP contribution < -0.4 is 16.4 Å². The summed E-state index contributed by atoms with van der Waals surface area (Å²) in [5.41, 5.74) is 5.80. The number of ether oxygens (including phenoxy) is 3. The molecule has 4 fully saturated rings. The molecule has 0 aromatic rings. The smallest absolute Gasteiger partial charge is 0.405 e. The number of ketones is 2. The Kier molecular flexibility index (Phi) is 14.0. The summed E-state index contributed by atoms with van der Waals surface area (Å²) in [5.74, 6) is -1.16. The van der Waals surface area contributed by atoms with Gasteiger partial charge >= 0.3 is 6.09 Å². The monoisotopic (exact) mass is 778 g/mol. The minimum absolute atomic E-state index is 0.126. The van der Waals surface area contributed by atoms with Crippen LogP contribution in [0.5, 0.6) is 0 Å². The van der Waals surface area contributed by atoms with E-state index in [1.807, 2.05) is 19.9 Å². The Morgan fingerprint density at radius 2 is 1.80 bits per heavy atom. The molecule has 56 heavy (non-hydrogen) atoms. The van der Waals surface area contributed by atoms with Gasteiger partial charge in [-0.15, -0.1) is 6.58 Å². The minimum Gasteiger partial charge on any atom is -0.439 e. The molecule has 5 aliphatic carbocycles. The fraction of sp³-hybridized carbons (Fsp3) is 0.628. The van der Waals surface area contributed by atoms with Crippen LogP contribution in [0.25, 0.3) is 0 Å². The van der Waals surface area contributed by atoms with Crippen LogP contribution in [0.1, 0.15) is 79.1 Å². The predicted molar refractivity (Wildman–Crippen MR) is 212 cm³/mol. The number of carbonyl (C=O) groups is 4. The van der Waals surface area contributed by atoms with Crippen molar-refractivity contribution in [1.82, 2.24) is 15.5 Å². The topological polar surface area (TPSA) is 190 Å². The number of aliphatic hydroxyl groups excluding tert-OH is 1. The van der Waals surface area contributed by atoms with Crippen molar-refractivity contribution in [3.63, 3.8) is 0 Å². The van der Waals surface area contributed by atoms with Crippen molar-refractivity contribution >= 4 is 23.6 Å². The lowest BCUT2D eigenvalue weighted by Gasteiger charge is -2.63. The first kappa shape index (κ1) is 43.2. The van der Waals surface area contributed by atoms with E-state index in [9.17, 15) is 29.4 Å². The molecule has 2 amide bonds. The largest absolute Gasteiger partial charge is 0.439 e. The zero-order valence-corrected chi connectivity index (χ0v) is 33.8. The van der Waals surface area contributed by atoms with E-state index >= 15 is 0 Å². The fourth-order valence-electron chi connectivity index (χ4n) is 10.3. The van der Waals surface area contributed by atoms with Gasteiger partial charge < -0.3 is 40.8 Å². The second-order valence-electron chi connectivity index (χ2n) is 17.0. The lowest BCUT2D eigenvalue weighted by atomic mass is 9.50. The molecule has 0 aromatic carbocycles. The third kappa shape index (κ3) is 9.79. The number of primary amides is 1. The number of fused-ring (bicyclic) bond motifs is 2. The second-order valence-corrected chi connectivity index (χ2v) is 17.0. The fourth-order valence-corrected chi connectivity index (χ4v) is 10.3. The van der Waals surface area contributed by atoms with Crippen molar-refractivity contribution in [2.75, 3.05) is 33.9 Å². The minimum atomic E-state index is -1.00. The first-order valence-electron chi connectivity index (χ1n) is 19.9.